The van der Waals surface area contributed by atoms with Crippen LogP contribution < -0.4 is 0 Å². The monoisotopic (exact) mass is 190 g/mol. The number of allylic oxidation sites excluding steroid dienone is 2. The molecule has 0 aromatic heterocycles. The van der Waals surface area contributed by atoms with Gasteiger partial charge in [-0.1, -0.05) is 24.5 Å². The van der Waals surface area contributed by atoms with Gasteiger partial charge in [0.25, 0.3) is 0 Å². The van der Waals surface area contributed by atoms with Crippen LogP contribution in [0.5, 0.6) is 0 Å². The van der Waals surface area contributed by atoms with Crippen LogP contribution in [0, 0.1) is 17.8 Å². The van der Waals surface area contributed by atoms with E-state index >= 15 is 0 Å². The van der Waals surface area contributed by atoms with Crippen LogP contribution in [0.1, 0.15) is 57.8 Å². The van der Waals surface area contributed by atoms with Crippen molar-refractivity contribution >= 4 is 0 Å². The summed E-state index contributed by atoms with van der Waals surface area (Å²) in [4.78, 5) is 0. The van der Waals surface area contributed by atoms with Crippen molar-refractivity contribution in [1.82, 2.24) is 0 Å². The smallest absolute Gasteiger partial charge is 0.0203 e. The van der Waals surface area contributed by atoms with Crippen molar-refractivity contribution in [3.8, 4) is 0 Å². The van der Waals surface area contributed by atoms with E-state index < -0.39 is 0 Å². The topological polar surface area (TPSA) is 0 Å². The molecular weight excluding hydrogens is 168 g/mol. The van der Waals surface area contributed by atoms with Gasteiger partial charge >= 0.3 is 0 Å². The predicted molar refractivity (Wildman–Crippen MR) is 60.1 cm³/mol. The summed E-state index contributed by atoms with van der Waals surface area (Å²) in [6, 6.07) is 0. The van der Waals surface area contributed by atoms with Gasteiger partial charge in [0.1, 0.15) is 0 Å². The Bertz CT molecular complexity index is 238. The first kappa shape index (κ1) is 9.00. The summed E-state index contributed by atoms with van der Waals surface area (Å²) in [5.41, 5.74) is 1.84. The second kappa shape index (κ2) is 3.72. The zero-order valence-corrected chi connectivity index (χ0v) is 9.17. The maximum Gasteiger partial charge on any atom is -0.0203 e. The van der Waals surface area contributed by atoms with E-state index in [9.17, 15) is 0 Å². The van der Waals surface area contributed by atoms with Gasteiger partial charge in [-0.3, -0.25) is 0 Å². The van der Waals surface area contributed by atoms with E-state index in [1.807, 2.05) is 5.57 Å². The Labute approximate surface area is 87.8 Å². The van der Waals surface area contributed by atoms with Gasteiger partial charge in [-0.25, -0.2) is 0 Å². The molecule has 3 rings (SSSR count). The van der Waals surface area contributed by atoms with Crippen LogP contribution in [0.3, 0.4) is 0 Å². The summed E-state index contributed by atoms with van der Waals surface area (Å²) in [5, 5.41) is 0. The van der Waals surface area contributed by atoms with E-state index in [-0.39, 0.29) is 0 Å². The van der Waals surface area contributed by atoms with Crippen molar-refractivity contribution in [2.75, 3.05) is 0 Å². The molecule has 0 aromatic carbocycles. The molecule has 2 saturated carbocycles. The third kappa shape index (κ3) is 1.53. The fourth-order valence-corrected chi connectivity index (χ4v) is 4.06. The molecule has 3 aliphatic rings. The highest BCUT2D eigenvalue weighted by Gasteiger charge is 2.30. The molecule has 0 saturated heterocycles. The van der Waals surface area contributed by atoms with E-state index in [2.05, 4.69) is 6.08 Å². The Balaban J connectivity index is 1.77. The maximum atomic E-state index is 2.64. The standard InChI is InChI=1S/C14H22/c1-3-11-7-9-13-5-2-6-14(13)10-8-12(11)4-1/h7,12-14H,1-6,8-10H2. The largest absolute Gasteiger partial charge is 0.0848 e. The Morgan fingerprint density at radius 1 is 0.857 bits per heavy atom. The van der Waals surface area contributed by atoms with Gasteiger partial charge in [-0.05, 0) is 62.7 Å². The fraction of sp³-hybridized carbons (Fsp3) is 0.857. The van der Waals surface area contributed by atoms with E-state index in [0.29, 0.717) is 0 Å². The lowest BCUT2D eigenvalue weighted by Crippen LogP contribution is -2.12. The lowest BCUT2D eigenvalue weighted by molar-refractivity contribution is 0.329. The van der Waals surface area contributed by atoms with Gasteiger partial charge in [-0.15, -0.1) is 0 Å². The first-order valence-corrected chi connectivity index (χ1v) is 6.62. The molecule has 0 N–H and O–H groups in total. The minimum atomic E-state index is 1.01. The Kier molecular flexibility index (Phi) is 2.39. The molecule has 2 fully saturated rings. The molecule has 3 unspecified atom stereocenters. The molecule has 0 aliphatic heterocycles. The van der Waals surface area contributed by atoms with Gasteiger partial charge in [-0.2, -0.15) is 0 Å². The quantitative estimate of drug-likeness (QED) is 0.499. The molecule has 0 spiro atoms. The van der Waals surface area contributed by atoms with E-state index in [1.165, 1.54) is 44.9 Å². The van der Waals surface area contributed by atoms with Crippen molar-refractivity contribution in [2.24, 2.45) is 17.8 Å². The van der Waals surface area contributed by atoms with Gasteiger partial charge in [0.05, 0.1) is 0 Å². The molecule has 0 nitrogen and oxygen atoms in total. The average Bonchev–Trinajstić information content (AvgIpc) is 2.75. The Morgan fingerprint density at radius 3 is 2.79 bits per heavy atom. The molecule has 3 atom stereocenters. The third-order valence-corrected chi connectivity index (χ3v) is 4.93. The van der Waals surface area contributed by atoms with Crippen LogP contribution >= 0.6 is 0 Å². The third-order valence-electron chi connectivity index (χ3n) is 4.93. The first-order valence-electron chi connectivity index (χ1n) is 6.62. The van der Waals surface area contributed by atoms with Crippen LogP contribution in [-0.4, -0.2) is 0 Å². The molecule has 0 heterocycles. The van der Waals surface area contributed by atoms with Crippen molar-refractivity contribution < 1.29 is 0 Å². The van der Waals surface area contributed by atoms with Gasteiger partial charge in [0, 0.05) is 0 Å². The van der Waals surface area contributed by atoms with E-state index in [4.69, 9.17) is 0 Å². The molecule has 3 aliphatic carbocycles. The summed E-state index contributed by atoms with van der Waals surface area (Å²) >= 11 is 0. The predicted octanol–water partition coefficient (Wildman–Crippen LogP) is 4.31. The van der Waals surface area contributed by atoms with Crippen LogP contribution in [0.4, 0.5) is 0 Å². The number of hydrogen-bond donors (Lipinski definition) is 0. The highest BCUT2D eigenvalue weighted by atomic mass is 14.4. The zero-order chi connectivity index (χ0) is 9.38. The Hall–Kier alpha value is -0.260. The lowest BCUT2D eigenvalue weighted by Gasteiger charge is -2.24. The first-order chi connectivity index (χ1) is 6.93. The molecular formula is C14H22. The number of fused-ring (bicyclic) bond motifs is 2. The number of rotatable bonds is 0. The minimum absolute atomic E-state index is 1.01. The van der Waals surface area contributed by atoms with E-state index in [1.54, 1.807) is 12.8 Å². The minimum Gasteiger partial charge on any atom is -0.0848 e. The molecule has 14 heavy (non-hydrogen) atoms. The second-order valence-corrected chi connectivity index (χ2v) is 5.63. The molecule has 0 aromatic rings. The molecule has 78 valence electrons. The van der Waals surface area contributed by atoms with Gasteiger partial charge < -0.3 is 0 Å². The molecule has 0 amide bonds. The second-order valence-electron chi connectivity index (χ2n) is 5.63. The maximum absolute atomic E-state index is 2.64. The number of hydrogen-bond acceptors (Lipinski definition) is 0. The summed E-state index contributed by atoms with van der Waals surface area (Å²) in [6.45, 7) is 0. The molecule has 0 bridgehead atoms. The molecule has 0 radical (unpaired) electrons. The highest BCUT2D eigenvalue weighted by Crippen LogP contribution is 2.44. The molecule has 0 heteroatoms. The average molecular weight is 190 g/mol. The normalized spacial score (nSPS) is 42.3. The van der Waals surface area contributed by atoms with Crippen molar-refractivity contribution in [1.29, 1.82) is 0 Å². The lowest BCUT2D eigenvalue weighted by atomic mass is 9.81. The summed E-state index contributed by atoms with van der Waals surface area (Å²) in [5.74, 6) is 3.19. The fourth-order valence-electron chi connectivity index (χ4n) is 4.06. The summed E-state index contributed by atoms with van der Waals surface area (Å²) in [6.07, 6.45) is 16.1. The van der Waals surface area contributed by atoms with E-state index in [0.717, 1.165) is 17.8 Å². The summed E-state index contributed by atoms with van der Waals surface area (Å²) < 4.78 is 0. The summed E-state index contributed by atoms with van der Waals surface area (Å²) in [7, 11) is 0. The Morgan fingerprint density at radius 2 is 1.79 bits per heavy atom. The zero-order valence-electron chi connectivity index (χ0n) is 9.17. The van der Waals surface area contributed by atoms with Crippen molar-refractivity contribution in [3.05, 3.63) is 11.6 Å². The van der Waals surface area contributed by atoms with Crippen LogP contribution in [0.2, 0.25) is 0 Å². The van der Waals surface area contributed by atoms with Crippen LogP contribution in [0.25, 0.3) is 0 Å². The van der Waals surface area contributed by atoms with Gasteiger partial charge in [0.15, 0.2) is 0 Å². The van der Waals surface area contributed by atoms with Crippen LogP contribution in [-0.2, 0) is 0 Å². The van der Waals surface area contributed by atoms with Crippen molar-refractivity contribution in [3.63, 3.8) is 0 Å². The van der Waals surface area contributed by atoms with Crippen LogP contribution in [0.15, 0.2) is 11.6 Å². The SMILES string of the molecule is C1=C2CCCC2CCC2CCCC2C1. The highest BCUT2D eigenvalue weighted by molar-refractivity contribution is 5.13. The van der Waals surface area contributed by atoms with Crippen molar-refractivity contribution in [2.45, 2.75) is 57.8 Å². The van der Waals surface area contributed by atoms with Gasteiger partial charge in [0.2, 0.25) is 0 Å².